The average Bonchev–Trinajstić information content (AvgIpc) is 2.16. The van der Waals surface area contributed by atoms with E-state index in [9.17, 15) is 4.79 Å². The van der Waals surface area contributed by atoms with Gasteiger partial charge in [0, 0.05) is 6.42 Å². The lowest BCUT2D eigenvalue weighted by Crippen LogP contribution is -2.33. The Hall–Kier alpha value is -1.35. The van der Waals surface area contributed by atoms with Gasteiger partial charge in [-0.05, 0) is 19.4 Å². The molecule has 0 saturated heterocycles. The molecule has 0 spiro atoms. The van der Waals surface area contributed by atoms with Crippen LogP contribution in [-0.4, -0.2) is 12.0 Å². The summed E-state index contributed by atoms with van der Waals surface area (Å²) in [4.78, 5) is 15.2. The van der Waals surface area contributed by atoms with Crippen LogP contribution in [0.2, 0.25) is 0 Å². The minimum atomic E-state index is -0.387. The van der Waals surface area contributed by atoms with Crippen LogP contribution in [0.25, 0.3) is 0 Å². The summed E-state index contributed by atoms with van der Waals surface area (Å²) in [6.45, 7) is 3.85. The van der Waals surface area contributed by atoms with E-state index in [-0.39, 0.29) is 5.60 Å². The fourth-order valence-electron chi connectivity index (χ4n) is 1.31. The van der Waals surface area contributed by atoms with E-state index < -0.39 is 0 Å². The molecule has 0 saturated carbocycles. The van der Waals surface area contributed by atoms with E-state index in [1.54, 1.807) is 0 Å². The molecule has 0 radical (unpaired) electrons. The van der Waals surface area contributed by atoms with Gasteiger partial charge in [0.25, 0.3) is 0 Å². The summed E-state index contributed by atoms with van der Waals surface area (Å²) in [6, 6.07) is 10.0. The van der Waals surface area contributed by atoms with E-state index in [2.05, 4.69) is 5.48 Å². The molecule has 14 heavy (non-hydrogen) atoms. The van der Waals surface area contributed by atoms with Gasteiger partial charge in [0.2, 0.25) is 6.41 Å². The summed E-state index contributed by atoms with van der Waals surface area (Å²) in [7, 11) is 0. The molecule has 0 aromatic heterocycles. The molecular weight excluding hydrogens is 178 g/mol. The normalized spacial score (nSPS) is 11.0. The van der Waals surface area contributed by atoms with Crippen LogP contribution in [0.3, 0.4) is 0 Å². The molecule has 3 nitrogen and oxygen atoms in total. The Labute approximate surface area is 84.0 Å². The van der Waals surface area contributed by atoms with E-state index in [4.69, 9.17) is 4.84 Å². The second-order valence-electron chi connectivity index (χ2n) is 3.76. The van der Waals surface area contributed by atoms with Crippen molar-refractivity contribution in [2.75, 3.05) is 0 Å². The lowest BCUT2D eigenvalue weighted by atomic mass is 9.99. The fraction of sp³-hybridized carbons (Fsp3) is 0.364. The molecule has 0 unspecified atom stereocenters. The van der Waals surface area contributed by atoms with Crippen molar-refractivity contribution in [2.45, 2.75) is 25.9 Å². The van der Waals surface area contributed by atoms with Gasteiger partial charge in [0.1, 0.15) is 0 Å². The van der Waals surface area contributed by atoms with Crippen molar-refractivity contribution in [1.29, 1.82) is 0 Å². The van der Waals surface area contributed by atoms with Gasteiger partial charge in [-0.25, -0.2) is 5.48 Å². The molecule has 1 N–H and O–H groups in total. The Balaban J connectivity index is 2.54. The first-order valence-electron chi connectivity index (χ1n) is 4.55. The van der Waals surface area contributed by atoms with E-state index in [0.29, 0.717) is 6.41 Å². The second kappa shape index (κ2) is 4.77. The van der Waals surface area contributed by atoms with Gasteiger partial charge in [-0.3, -0.25) is 9.63 Å². The lowest BCUT2D eigenvalue weighted by Gasteiger charge is -2.23. The summed E-state index contributed by atoms with van der Waals surface area (Å²) < 4.78 is 0. The number of hydroxylamine groups is 1. The molecule has 0 aliphatic carbocycles. The first-order chi connectivity index (χ1) is 6.64. The number of rotatable bonds is 5. The molecular formula is C11H15NO2. The Kier molecular flexibility index (Phi) is 3.65. The van der Waals surface area contributed by atoms with Crippen molar-refractivity contribution in [3.63, 3.8) is 0 Å². The second-order valence-corrected chi connectivity index (χ2v) is 3.76. The maximum atomic E-state index is 10.1. The third-order valence-electron chi connectivity index (χ3n) is 1.86. The van der Waals surface area contributed by atoms with Gasteiger partial charge in [0.05, 0.1) is 5.60 Å². The van der Waals surface area contributed by atoms with Crippen molar-refractivity contribution < 1.29 is 9.63 Å². The van der Waals surface area contributed by atoms with Crippen LogP contribution in [0.15, 0.2) is 30.3 Å². The van der Waals surface area contributed by atoms with E-state index in [1.165, 1.54) is 5.56 Å². The molecule has 1 rings (SSSR count). The van der Waals surface area contributed by atoms with Crippen molar-refractivity contribution in [2.24, 2.45) is 0 Å². The van der Waals surface area contributed by atoms with Crippen LogP contribution in [0.1, 0.15) is 19.4 Å². The molecule has 1 aromatic carbocycles. The molecule has 76 valence electrons. The minimum absolute atomic E-state index is 0.387. The maximum absolute atomic E-state index is 10.1. The Morgan fingerprint density at radius 2 is 2.00 bits per heavy atom. The monoisotopic (exact) mass is 193 g/mol. The first kappa shape index (κ1) is 10.7. The first-order valence-corrected chi connectivity index (χ1v) is 4.55. The van der Waals surface area contributed by atoms with Crippen LogP contribution >= 0.6 is 0 Å². The van der Waals surface area contributed by atoms with Crippen molar-refractivity contribution in [1.82, 2.24) is 5.48 Å². The van der Waals surface area contributed by atoms with Gasteiger partial charge < -0.3 is 0 Å². The quantitative estimate of drug-likeness (QED) is 0.570. The summed E-state index contributed by atoms with van der Waals surface area (Å²) in [5, 5.41) is 0. The highest BCUT2D eigenvalue weighted by molar-refractivity contribution is 5.43. The highest BCUT2D eigenvalue weighted by Crippen LogP contribution is 2.15. The molecule has 3 heteroatoms. The van der Waals surface area contributed by atoms with E-state index in [0.717, 1.165) is 6.42 Å². The molecule has 1 amide bonds. The summed E-state index contributed by atoms with van der Waals surface area (Å²) in [5.41, 5.74) is 3.03. The molecule has 0 atom stereocenters. The zero-order chi connectivity index (χ0) is 10.4. The average molecular weight is 193 g/mol. The standard InChI is InChI=1S/C11H15NO2/c1-11(2,14-12-9-13)8-10-6-4-3-5-7-10/h3-7,9H,8H2,1-2H3,(H,12,13). The zero-order valence-corrected chi connectivity index (χ0v) is 8.49. The van der Waals surface area contributed by atoms with Crippen LogP contribution in [0, 0.1) is 0 Å². The van der Waals surface area contributed by atoms with Gasteiger partial charge in [0.15, 0.2) is 0 Å². The van der Waals surface area contributed by atoms with Crippen molar-refractivity contribution in [3.05, 3.63) is 35.9 Å². The Bertz CT molecular complexity index is 283. The van der Waals surface area contributed by atoms with Gasteiger partial charge in [-0.15, -0.1) is 0 Å². The zero-order valence-electron chi connectivity index (χ0n) is 8.49. The van der Waals surface area contributed by atoms with Crippen LogP contribution < -0.4 is 5.48 Å². The number of benzene rings is 1. The van der Waals surface area contributed by atoms with Gasteiger partial charge in [-0.1, -0.05) is 30.3 Å². The number of hydrogen-bond donors (Lipinski definition) is 1. The van der Waals surface area contributed by atoms with E-state index >= 15 is 0 Å². The van der Waals surface area contributed by atoms with Gasteiger partial charge in [-0.2, -0.15) is 0 Å². The molecule has 0 heterocycles. The third-order valence-corrected chi connectivity index (χ3v) is 1.86. The van der Waals surface area contributed by atoms with Crippen LogP contribution in [0.4, 0.5) is 0 Å². The summed E-state index contributed by atoms with van der Waals surface area (Å²) in [5.74, 6) is 0. The summed E-state index contributed by atoms with van der Waals surface area (Å²) >= 11 is 0. The predicted octanol–water partition coefficient (Wildman–Crippen LogP) is 1.69. The number of nitrogens with one attached hydrogen (secondary N) is 1. The number of carbonyl (C=O) groups excluding carboxylic acids is 1. The topological polar surface area (TPSA) is 38.3 Å². The lowest BCUT2D eigenvalue weighted by molar-refractivity contribution is -0.134. The smallest absolute Gasteiger partial charge is 0.230 e. The molecule has 0 aliphatic rings. The molecule has 0 fully saturated rings. The Morgan fingerprint density at radius 3 is 2.57 bits per heavy atom. The van der Waals surface area contributed by atoms with E-state index in [1.807, 2.05) is 44.2 Å². The van der Waals surface area contributed by atoms with Crippen molar-refractivity contribution in [3.8, 4) is 0 Å². The maximum Gasteiger partial charge on any atom is 0.230 e. The number of carbonyl (C=O) groups is 1. The fourth-order valence-corrected chi connectivity index (χ4v) is 1.31. The minimum Gasteiger partial charge on any atom is -0.277 e. The number of hydrogen-bond acceptors (Lipinski definition) is 2. The predicted molar refractivity (Wildman–Crippen MR) is 54.5 cm³/mol. The highest BCUT2D eigenvalue weighted by Gasteiger charge is 2.19. The SMILES string of the molecule is CC(C)(Cc1ccccc1)ONC=O. The van der Waals surface area contributed by atoms with Crippen molar-refractivity contribution >= 4 is 6.41 Å². The largest absolute Gasteiger partial charge is 0.277 e. The molecule has 0 bridgehead atoms. The highest BCUT2D eigenvalue weighted by atomic mass is 16.7. The van der Waals surface area contributed by atoms with Crippen LogP contribution in [0.5, 0.6) is 0 Å². The van der Waals surface area contributed by atoms with Crippen LogP contribution in [-0.2, 0) is 16.1 Å². The molecule has 1 aromatic rings. The summed E-state index contributed by atoms with van der Waals surface area (Å²) in [6.07, 6.45) is 1.29. The molecule has 0 aliphatic heterocycles. The third kappa shape index (κ3) is 3.58. The van der Waals surface area contributed by atoms with Gasteiger partial charge >= 0.3 is 0 Å². The number of amides is 1. The Morgan fingerprint density at radius 1 is 1.36 bits per heavy atom.